The number of hydrogen-bond acceptors (Lipinski definition) is 5. The highest BCUT2D eigenvalue weighted by molar-refractivity contribution is 7.89. The van der Waals surface area contributed by atoms with Crippen LogP contribution in [-0.2, 0) is 14.8 Å². The Balaban J connectivity index is 1.76. The Kier molecular flexibility index (Phi) is 6.98. The van der Waals surface area contributed by atoms with Crippen LogP contribution in [-0.4, -0.2) is 67.5 Å². The normalized spacial score (nSPS) is 23.2. The van der Waals surface area contributed by atoms with E-state index in [4.69, 9.17) is 4.74 Å². The van der Waals surface area contributed by atoms with Crippen LogP contribution < -0.4 is 4.74 Å². The number of benzene rings is 2. The molecule has 0 spiro atoms. The second-order valence-electron chi connectivity index (χ2n) is 9.40. The number of aliphatic hydroxyl groups excluding tert-OH is 1. The Morgan fingerprint density at radius 2 is 1.85 bits per heavy atom. The molecule has 1 aliphatic heterocycles. The molecule has 34 heavy (non-hydrogen) atoms. The van der Waals surface area contributed by atoms with E-state index in [1.54, 1.807) is 43.1 Å². The summed E-state index contributed by atoms with van der Waals surface area (Å²) in [5.41, 5.74) is 1.41. The molecule has 1 fully saturated rings. The third-order valence-electron chi connectivity index (χ3n) is 6.60. The number of amides is 1. The SMILES string of the molecule is C[C@H](CO)N1C[C@H](C)[C@H](CN(C)C(=O)C2CC2)Oc2cc(-c3ccc(F)cc3)ccc2S1(=O)=O. The van der Waals surface area contributed by atoms with Crippen molar-refractivity contribution < 1.29 is 27.4 Å². The van der Waals surface area contributed by atoms with Gasteiger partial charge in [0.2, 0.25) is 15.9 Å². The van der Waals surface area contributed by atoms with Crippen molar-refractivity contribution in [3.05, 3.63) is 48.3 Å². The maximum atomic E-state index is 13.6. The first-order chi connectivity index (χ1) is 16.1. The van der Waals surface area contributed by atoms with Gasteiger partial charge in [-0.3, -0.25) is 4.79 Å². The van der Waals surface area contributed by atoms with Gasteiger partial charge in [0, 0.05) is 31.5 Å². The number of sulfonamides is 1. The Hall–Kier alpha value is -2.49. The van der Waals surface area contributed by atoms with Crippen LogP contribution >= 0.6 is 0 Å². The lowest BCUT2D eigenvalue weighted by Crippen LogP contribution is -2.50. The number of nitrogens with zero attached hydrogens (tertiary/aromatic N) is 2. The highest BCUT2D eigenvalue weighted by atomic mass is 32.2. The van der Waals surface area contributed by atoms with Gasteiger partial charge in [0.1, 0.15) is 22.6 Å². The number of halogens is 1. The highest BCUT2D eigenvalue weighted by Crippen LogP contribution is 2.37. The van der Waals surface area contributed by atoms with Crippen molar-refractivity contribution in [3.8, 4) is 16.9 Å². The highest BCUT2D eigenvalue weighted by Gasteiger charge is 2.39. The van der Waals surface area contributed by atoms with Gasteiger partial charge in [-0.25, -0.2) is 12.8 Å². The molecule has 9 heteroatoms. The lowest BCUT2D eigenvalue weighted by atomic mass is 10.0. The van der Waals surface area contributed by atoms with E-state index in [1.165, 1.54) is 22.5 Å². The molecule has 3 atom stereocenters. The summed E-state index contributed by atoms with van der Waals surface area (Å²) in [6, 6.07) is 10.1. The number of carbonyl (C=O) groups excluding carboxylic acids is 1. The fourth-order valence-corrected chi connectivity index (χ4v) is 6.09. The van der Waals surface area contributed by atoms with Crippen LogP contribution in [0.25, 0.3) is 11.1 Å². The molecule has 1 heterocycles. The molecule has 2 aromatic rings. The number of aliphatic hydroxyl groups is 1. The average Bonchev–Trinajstić information content (AvgIpc) is 3.66. The van der Waals surface area contributed by atoms with Crippen LogP contribution in [0.2, 0.25) is 0 Å². The van der Waals surface area contributed by atoms with Crippen molar-refractivity contribution in [3.63, 3.8) is 0 Å². The van der Waals surface area contributed by atoms with E-state index in [1.807, 2.05) is 6.92 Å². The van der Waals surface area contributed by atoms with Crippen LogP contribution in [0.5, 0.6) is 5.75 Å². The minimum Gasteiger partial charge on any atom is -0.487 e. The lowest BCUT2D eigenvalue weighted by Gasteiger charge is -2.37. The summed E-state index contributed by atoms with van der Waals surface area (Å²) in [5, 5.41) is 9.76. The molecule has 0 bridgehead atoms. The summed E-state index contributed by atoms with van der Waals surface area (Å²) >= 11 is 0. The zero-order chi connectivity index (χ0) is 24.6. The summed E-state index contributed by atoms with van der Waals surface area (Å²) in [6.07, 6.45) is 1.33. The summed E-state index contributed by atoms with van der Waals surface area (Å²) in [7, 11) is -2.21. The molecular weight excluding hydrogens is 459 g/mol. The minimum atomic E-state index is -3.96. The molecule has 1 aliphatic carbocycles. The minimum absolute atomic E-state index is 0.00624. The van der Waals surface area contributed by atoms with Crippen molar-refractivity contribution in [2.45, 2.75) is 43.7 Å². The quantitative estimate of drug-likeness (QED) is 0.672. The molecule has 1 saturated carbocycles. The van der Waals surface area contributed by atoms with Gasteiger partial charge < -0.3 is 14.7 Å². The van der Waals surface area contributed by atoms with E-state index in [2.05, 4.69) is 0 Å². The van der Waals surface area contributed by atoms with Gasteiger partial charge in [0.15, 0.2) is 0 Å². The Bertz CT molecular complexity index is 1150. The Morgan fingerprint density at radius 1 is 1.21 bits per heavy atom. The number of fused-ring (bicyclic) bond motifs is 1. The van der Waals surface area contributed by atoms with E-state index in [9.17, 15) is 22.7 Å². The predicted molar refractivity (Wildman–Crippen MR) is 126 cm³/mol. The molecule has 4 rings (SSSR count). The molecular formula is C25H31FN2O5S. The molecule has 0 saturated heterocycles. The first kappa shape index (κ1) is 24.6. The second kappa shape index (κ2) is 9.64. The van der Waals surface area contributed by atoms with Crippen LogP contribution in [0.3, 0.4) is 0 Å². The Morgan fingerprint density at radius 3 is 2.47 bits per heavy atom. The Labute approximate surface area is 200 Å². The van der Waals surface area contributed by atoms with Gasteiger partial charge in [0.05, 0.1) is 13.2 Å². The first-order valence-corrected chi connectivity index (χ1v) is 13.0. The maximum absolute atomic E-state index is 13.6. The number of ether oxygens (including phenoxy) is 1. The van der Waals surface area contributed by atoms with E-state index in [0.29, 0.717) is 12.1 Å². The summed E-state index contributed by atoms with van der Waals surface area (Å²) in [4.78, 5) is 14.2. The molecule has 1 N–H and O–H groups in total. The fraction of sp³-hybridized carbons (Fsp3) is 0.480. The van der Waals surface area contributed by atoms with Gasteiger partial charge >= 0.3 is 0 Å². The standard InChI is InChI=1S/C25H31FN2O5S/c1-16-13-28(17(2)15-29)34(31,32)24-11-8-20(18-6-9-21(26)10-7-18)12-22(24)33-23(16)14-27(3)25(30)19-4-5-19/h6-12,16-17,19,23,29H,4-5,13-15H2,1-3H3/t16-,17+,23-/m0/s1. The topological polar surface area (TPSA) is 87.2 Å². The predicted octanol–water partition coefficient (Wildman–Crippen LogP) is 3.13. The maximum Gasteiger partial charge on any atom is 0.247 e. The van der Waals surface area contributed by atoms with Crippen molar-refractivity contribution in [2.24, 2.45) is 11.8 Å². The van der Waals surface area contributed by atoms with E-state index in [0.717, 1.165) is 18.4 Å². The van der Waals surface area contributed by atoms with Gasteiger partial charge in [-0.2, -0.15) is 4.31 Å². The summed E-state index contributed by atoms with van der Waals surface area (Å²) < 4.78 is 48.2. The molecule has 184 valence electrons. The molecule has 2 aliphatic rings. The smallest absolute Gasteiger partial charge is 0.247 e. The van der Waals surface area contributed by atoms with Crippen LogP contribution in [0.15, 0.2) is 47.4 Å². The number of likely N-dealkylation sites (N-methyl/N-ethyl adjacent to an activating group) is 1. The molecule has 0 radical (unpaired) electrons. The largest absolute Gasteiger partial charge is 0.487 e. The average molecular weight is 491 g/mol. The van der Waals surface area contributed by atoms with Gasteiger partial charge in [-0.15, -0.1) is 0 Å². The van der Waals surface area contributed by atoms with E-state index in [-0.39, 0.29) is 47.4 Å². The molecule has 0 aromatic heterocycles. The third kappa shape index (κ3) is 4.96. The van der Waals surface area contributed by atoms with Gasteiger partial charge in [-0.05, 0) is 55.2 Å². The van der Waals surface area contributed by atoms with Crippen molar-refractivity contribution in [2.75, 3.05) is 26.7 Å². The van der Waals surface area contributed by atoms with E-state index >= 15 is 0 Å². The van der Waals surface area contributed by atoms with Crippen LogP contribution in [0.4, 0.5) is 4.39 Å². The fourth-order valence-electron chi connectivity index (χ4n) is 4.27. The molecule has 2 aromatic carbocycles. The van der Waals surface area contributed by atoms with Gasteiger partial charge in [-0.1, -0.05) is 25.1 Å². The second-order valence-corrected chi connectivity index (χ2v) is 11.3. The van der Waals surface area contributed by atoms with E-state index < -0.39 is 22.2 Å². The number of hydrogen-bond donors (Lipinski definition) is 1. The molecule has 7 nitrogen and oxygen atoms in total. The molecule has 1 amide bonds. The number of rotatable bonds is 6. The zero-order valence-corrected chi connectivity index (χ0v) is 20.5. The summed E-state index contributed by atoms with van der Waals surface area (Å²) in [6.45, 7) is 3.70. The van der Waals surface area contributed by atoms with Crippen molar-refractivity contribution in [1.29, 1.82) is 0 Å². The van der Waals surface area contributed by atoms with Crippen molar-refractivity contribution >= 4 is 15.9 Å². The monoisotopic (exact) mass is 490 g/mol. The first-order valence-electron chi connectivity index (χ1n) is 11.6. The molecule has 0 unspecified atom stereocenters. The zero-order valence-electron chi connectivity index (χ0n) is 19.6. The lowest BCUT2D eigenvalue weighted by molar-refractivity contribution is -0.132. The van der Waals surface area contributed by atoms with Gasteiger partial charge in [0.25, 0.3) is 0 Å². The third-order valence-corrected chi connectivity index (χ3v) is 8.62. The van der Waals surface area contributed by atoms with Crippen LogP contribution in [0, 0.1) is 17.7 Å². The summed E-state index contributed by atoms with van der Waals surface area (Å²) in [5.74, 6) is -0.287. The van der Waals surface area contributed by atoms with Crippen LogP contribution in [0.1, 0.15) is 26.7 Å². The number of carbonyl (C=O) groups is 1. The van der Waals surface area contributed by atoms with Crippen molar-refractivity contribution in [1.82, 2.24) is 9.21 Å².